The van der Waals surface area contributed by atoms with Gasteiger partial charge < -0.3 is 0 Å². The second-order valence-electron chi connectivity index (χ2n) is 3.01. The number of hydrogen-bond donors (Lipinski definition) is 0. The lowest BCUT2D eigenvalue weighted by molar-refractivity contribution is 0.101. The third-order valence-corrected chi connectivity index (χ3v) is 2.33. The Kier molecular flexibility index (Phi) is 3.59. The quantitative estimate of drug-likeness (QED) is 0.446. The number of ketones is 1. The number of hydrogen-bond acceptors (Lipinski definition) is 3. The number of aryl methyl sites for hydroxylation is 1. The van der Waals surface area contributed by atoms with Crippen molar-refractivity contribution in [3.05, 3.63) is 34.4 Å². The van der Waals surface area contributed by atoms with E-state index >= 15 is 0 Å². The molecule has 15 heavy (non-hydrogen) atoms. The highest BCUT2D eigenvalue weighted by Gasteiger charge is 2.16. The number of nitrogens with zero attached hydrogens (tertiary/aromatic N) is 1. The molecule has 0 amide bonds. The van der Waals surface area contributed by atoms with Gasteiger partial charge in [0.1, 0.15) is 6.07 Å². The van der Waals surface area contributed by atoms with Crippen LogP contribution in [0.4, 0.5) is 0 Å². The van der Waals surface area contributed by atoms with E-state index in [1.807, 2.05) is 6.07 Å². The van der Waals surface area contributed by atoms with Gasteiger partial charge in [0.15, 0.2) is 12.1 Å². The minimum atomic E-state index is -0.404. The molecule has 0 bridgehead atoms. The van der Waals surface area contributed by atoms with Gasteiger partial charge in [-0.2, -0.15) is 5.26 Å². The van der Waals surface area contributed by atoms with Crippen LogP contribution in [0.3, 0.4) is 0 Å². The van der Waals surface area contributed by atoms with Crippen molar-refractivity contribution in [2.75, 3.05) is 5.88 Å². The fourth-order valence-corrected chi connectivity index (χ4v) is 1.47. The van der Waals surface area contributed by atoms with Crippen molar-refractivity contribution in [3.8, 4) is 6.07 Å². The SMILES string of the molecule is Cc1ccc(C=O)c(C(=O)CCl)c1C#N. The molecule has 1 aromatic rings. The highest BCUT2D eigenvalue weighted by Crippen LogP contribution is 2.18. The van der Waals surface area contributed by atoms with Crippen molar-refractivity contribution in [3.63, 3.8) is 0 Å². The zero-order valence-corrected chi connectivity index (χ0v) is 8.84. The highest BCUT2D eigenvalue weighted by molar-refractivity contribution is 6.31. The van der Waals surface area contributed by atoms with Gasteiger partial charge in [0, 0.05) is 11.1 Å². The van der Waals surface area contributed by atoms with Gasteiger partial charge in [0.05, 0.1) is 11.4 Å². The molecule has 0 aliphatic carbocycles. The van der Waals surface area contributed by atoms with Crippen molar-refractivity contribution >= 4 is 23.7 Å². The monoisotopic (exact) mass is 221 g/mol. The van der Waals surface area contributed by atoms with Crippen LogP contribution in [0, 0.1) is 18.3 Å². The van der Waals surface area contributed by atoms with Gasteiger partial charge in [-0.3, -0.25) is 9.59 Å². The predicted molar refractivity (Wildman–Crippen MR) is 56.3 cm³/mol. The Morgan fingerprint density at radius 2 is 2.27 bits per heavy atom. The summed E-state index contributed by atoms with van der Waals surface area (Å²) in [7, 11) is 0. The number of rotatable bonds is 3. The molecule has 0 N–H and O–H groups in total. The molecule has 0 saturated carbocycles. The summed E-state index contributed by atoms with van der Waals surface area (Å²) in [6.07, 6.45) is 0.556. The van der Waals surface area contributed by atoms with E-state index in [1.165, 1.54) is 6.07 Å². The maximum atomic E-state index is 11.5. The summed E-state index contributed by atoms with van der Waals surface area (Å²) in [4.78, 5) is 22.2. The summed E-state index contributed by atoms with van der Waals surface area (Å²) in [5.74, 6) is -0.641. The van der Waals surface area contributed by atoms with Crippen molar-refractivity contribution in [2.45, 2.75) is 6.92 Å². The fraction of sp³-hybridized carbons (Fsp3) is 0.182. The van der Waals surface area contributed by atoms with E-state index in [1.54, 1.807) is 13.0 Å². The predicted octanol–water partition coefficient (Wildman–Crippen LogP) is 2.10. The lowest BCUT2D eigenvalue weighted by Crippen LogP contribution is -2.09. The van der Waals surface area contributed by atoms with Crippen LogP contribution >= 0.6 is 11.6 Å². The summed E-state index contributed by atoms with van der Waals surface area (Å²) in [6.45, 7) is 1.71. The normalized spacial score (nSPS) is 9.40. The Bertz CT molecular complexity index is 460. The second kappa shape index (κ2) is 4.72. The zero-order valence-electron chi connectivity index (χ0n) is 8.08. The van der Waals surface area contributed by atoms with E-state index in [2.05, 4.69) is 0 Å². The minimum absolute atomic E-state index is 0.127. The molecular weight excluding hydrogens is 214 g/mol. The topological polar surface area (TPSA) is 57.9 Å². The van der Waals surface area contributed by atoms with Crippen LogP contribution in [0.15, 0.2) is 12.1 Å². The van der Waals surface area contributed by atoms with Gasteiger partial charge >= 0.3 is 0 Å². The number of nitriles is 1. The van der Waals surface area contributed by atoms with Crippen molar-refractivity contribution < 1.29 is 9.59 Å². The van der Waals surface area contributed by atoms with E-state index < -0.39 is 5.78 Å². The van der Waals surface area contributed by atoms with Crippen LogP contribution in [0.5, 0.6) is 0 Å². The molecule has 4 heteroatoms. The molecule has 0 aliphatic heterocycles. The fourth-order valence-electron chi connectivity index (χ4n) is 1.33. The van der Waals surface area contributed by atoms with E-state index in [-0.39, 0.29) is 22.6 Å². The first-order valence-electron chi connectivity index (χ1n) is 4.23. The molecule has 0 aliphatic rings. The van der Waals surface area contributed by atoms with Crippen LogP contribution in [0.1, 0.15) is 31.8 Å². The maximum absolute atomic E-state index is 11.5. The summed E-state index contributed by atoms with van der Waals surface area (Å²) in [5.41, 5.74) is 1.23. The maximum Gasteiger partial charge on any atom is 0.179 e. The molecule has 0 fully saturated rings. The zero-order chi connectivity index (χ0) is 11.4. The minimum Gasteiger partial charge on any atom is -0.298 e. The molecular formula is C11H8ClNO2. The first-order chi connectivity index (χ1) is 7.15. The number of carbonyl (C=O) groups is 2. The summed E-state index contributed by atoms with van der Waals surface area (Å²) < 4.78 is 0. The van der Waals surface area contributed by atoms with Gasteiger partial charge in [0.2, 0.25) is 0 Å². The Hall–Kier alpha value is -1.66. The summed E-state index contributed by atoms with van der Waals surface area (Å²) in [6, 6.07) is 5.06. The summed E-state index contributed by atoms with van der Waals surface area (Å²) >= 11 is 5.42. The number of aldehydes is 1. The van der Waals surface area contributed by atoms with Crippen LogP contribution in [0.2, 0.25) is 0 Å². The third-order valence-electron chi connectivity index (χ3n) is 2.08. The lowest BCUT2D eigenvalue weighted by atomic mass is 9.95. The molecule has 0 saturated heterocycles. The molecule has 0 spiro atoms. The first kappa shape index (κ1) is 11.4. The van der Waals surface area contributed by atoms with Crippen LogP contribution in [0.25, 0.3) is 0 Å². The van der Waals surface area contributed by atoms with E-state index in [4.69, 9.17) is 16.9 Å². The van der Waals surface area contributed by atoms with Crippen LogP contribution in [-0.4, -0.2) is 17.9 Å². The first-order valence-corrected chi connectivity index (χ1v) is 4.77. The van der Waals surface area contributed by atoms with Crippen molar-refractivity contribution in [1.82, 2.24) is 0 Å². The van der Waals surface area contributed by atoms with E-state index in [0.717, 1.165) is 0 Å². The highest BCUT2D eigenvalue weighted by atomic mass is 35.5. The van der Waals surface area contributed by atoms with E-state index in [9.17, 15) is 9.59 Å². The molecule has 0 unspecified atom stereocenters. The number of alkyl halides is 1. The average Bonchev–Trinajstić information content (AvgIpc) is 2.27. The molecule has 3 nitrogen and oxygen atoms in total. The summed E-state index contributed by atoms with van der Waals surface area (Å²) in [5, 5.41) is 8.90. The Balaban J connectivity index is 3.56. The Morgan fingerprint density at radius 1 is 1.60 bits per heavy atom. The number of halogens is 1. The molecule has 1 rings (SSSR count). The average molecular weight is 222 g/mol. The van der Waals surface area contributed by atoms with E-state index in [0.29, 0.717) is 11.8 Å². The van der Waals surface area contributed by atoms with Gasteiger partial charge in [0.25, 0.3) is 0 Å². The molecule has 76 valence electrons. The number of carbonyl (C=O) groups excluding carboxylic acids is 2. The Morgan fingerprint density at radius 3 is 2.73 bits per heavy atom. The standard InChI is InChI=1S/C11H8ClNO2/c1-7-2-3-8(6-14)11(9(7)5-13)10(15)4-12/h2-3,6H,4H2,1H3. The third kappa shape index (κ3) is 2.05. The number of Topliss-reactive ketones (excluding diaryl/α,β-unsaturated/α-hetero) is 1. The molecule has 1 aromatic carbocycles. The van der Waals surface area contributed by atoms with Gasteiger partial charge in [-0.05, 0) is 12.5 Å². The lowest BCUT2D eigenvalue weighted by Gasteiger charge is -2.06. The van der Waals surface area contributed by atoms with Crippen LogP contribution in [-0.2, 0) is 0 Å². The molecule has 0 aromatic heterocycles. The Labute approximate surface area is 92.3 Å². The molecule has 0 atom stereocenters. The largest absolute Gasteiger partial charge is 0.298 e. The van der Waals surface area contributed by atoms with Crippen LogP contribution < -0.4 is 0 Å². The van der Waals surface area contributed by atoms with Gasteiger partial charge in [-0.15, -0.1) is 11.6 Å². The number of benzene rings is 1. The van der Waals surface area contributed by atoms with Gasteiger partial charge in [-0.1, -0.05) is 12.1 Å². The van der Waals surface area contributed by atoms with Gasteiger partial charge in [-0.25, -0.2) is 0 Å². The van der Waals surface area contributed by atoms with Crippen molar-refractivity contribution in [2.24, 2.45) is 0 Å². The van der Waals surface area contributed by atoms with Crippen molar-refractivity contribution in [1.29, 1.82) is 5.26 Å². The second-order valence-corrected chi connectivity index (χ2v) is 3.28. The molecule has 0 radical (unpaired) electrons. The molecule has 0 heterocycles. The smallest absolute Gasteiger partial charge is 0.179 e.